The maximum absolute atomic E-state index is 13.3. The number of halogens is 3. The number of hydrogen-bond donors (Lipinski definition) is 3. The van der Waals surface area contributed by atoms with Crippen LogP contribution < -0.4 is 15.5 Å². The number of pyridine rings is 2. The van der Waals surface area contributed by atoms with Gasteiger partial charge in [-0.15, -0.1) is 12.6 Å². The van der Waals surface area contributed by atoms with E-state index >= 15 is 0 Å². The highest BCUT2D eigenvalue weighted by molar-refractivity contribution is 7.80. The zero-order valence-electron chi connectivity index (χ0n) is 19.6. The van der Waals surface area contributed by atoms with Crippen molar-refractivity contribution < 1.29 is 22.8 Å². The molecule has 2 aromatic heterocycles. The standard InChI is InChI=1S/C24H21F3N6O2S2/c1-23(2)20(34)33(17-6-5-15(11-18(17)36)24(25,26)27)22(35)32(23)13-14-7-9-29-19(10-14)31-21(37)30-16-4-3-8-28-12-16/h3-12,36H,13H2,1-2H3,(H2,29,30,31,37). The Morgan fingerprint density at radius 2 is 1.86 bits per heavy atom. The average Bonchev–Trinajstić information content (AvgIpc) is 2.99. The second-order valence-corrected chi connectivity index (χ2v) is 9.53. The van der Waals surface area contributed by atoms with E-state index in [1.165, 1.54) is 11.1 Å². The fraction of sp³-hybridized carbons (Fsp3) is 0.208. The van der Waals surface area contributed by atoms with E-state index in [0.717, 1.165) is 23.1 Å². The summed E-state index contributed by atoms with van der Waals surface area (Å²) in [6.07, 6.45) is 0.186. The van der Waals surface area contributed by atoms with Crippen LogP contribution in [0.25, 0.3) is 0 Å². The Bertz CT molecular complexity index is 1370. The van der Waals surface area contributed by atoms with Crippen LogP contribution in [-0.4, -0.2) is 37.5 Å². The van der Waals surface area contributed by atoms with E-state index in [2.05, 4.69) is 33.2 Å². The highest BCUT2D eigenvalue weighted by atomic mass is 32.1. The maximum atomic E-state index is 13.3. The molecule has 4 rings (SSSR count). The third kappa shape index (κ3) is 5.52. The minimum atomic E-state index is -4.58. The van der Waals surface area contributed by atoms with Gasteiger partial charge < -0.3 is 15.5 Å². The number of imide groups is 1. The molecule has 0 radical (unpaired) electrons. The van der Waals surface area contributed by atoms with Crippen molar-refractivity contribution >= 4 is 59.1 Å². The molecular formula is C24H21F3N6O2S2. The Kier molecular flexibility index (Phi) is 7.11. The first-order valence-corrected chi connectivity index (χ1v) is 11.7. The quantitative estimate of drug-likeness (QED) is 0.226. The first-order chi connectivity index (χ1) is 17.4. The lowest BCUT2D eigenvalue weighted by Gasteiger charge is -2.27. The number of nitrogens with one attached hydrogen (secondary N) is 2. The molecule has 0 bridgehead atoms. The van der Waals surface area contributed by atoms with Crippen molar-refractivity contribution in [1.29, 1.82) is 0 Å². The number of urea groups is 1. The van der Waals surface area contributed by atoms with Gasteiger partial charge in [0.05, 0.1) is 23.1 Å². The largest absolute Gasteiger partial charge is 0.416 e. The van der Waals surface area contributed by atoms with E-state index in [0.29, 0.717) is 17.1 Å². The average molecular weight is 547 g/mol. The molecule has 0 saturated carbocycles. The molecule has 37 heavy (non-hydrogen) atoms. The van der Waals surface area contributed by atoms with E-state index in [1.807, 2.05) is 0 Å². The zero-order valence-corrected chi connectivity index (χ0v) is 21.3. The van der Waals surface area contributed by atoms with E-state index < -0.39 is 29.2 Å². The van der Waals surface area contributed by atoms with Crippen molar-refractivity contribution in [3.63, 3.8) is 0 Å². The lowest BCUT2D eigenvalue weighted by atomic mass is 10.0. The summed E-state index contributed by atoms with van der Waals surface area (Å²) < 4.78 is 39.2. The molecule has 192 valence electrons. The number of thiol groups is 1. The summed E-state index contributed by atoms with van der Waals surface area (Å²) in [6.45, 7) is 3.18. The van der Waals surface area contributed by atoms with Crippen LogP contribution in [0.1, 0.15) is 25.0 Å². The molecule has 3 heterocycles. The van der Waals surface area contributed by atoms with Crippen molar-refractivity contribution in [1.82, 2.24) is 14.9 Å². The van der Waals surface area contributed by atoms with Crippen LogP contribution in [0.4, 0.5) is 35.2 Å². The normalized spacial score (nSPS) is 15.2. The minimum Gasteiger partial charge on any atom is -0.331 e. The molecule has 0 spiro atoms. The van der Waals surface area contributed by atoms with Crippen LogP contribution in [0.5, 0.6) is 0 Å². The number of carbonyl (C=O) groups excluding carboxylic acids is 2. The van der Waals surface area contributed by atoms with Gasteiger partial charge in [-0.25, -0.2) is 14.7 Å². The van der Waals surface area contributed by atoms with Gasteiger partial charge in [-0.05, 0) is 74.1 Å². The van der Waals surface area contributed by atoms with E-state index in [1.54, 1.807) is 50.5 Å². The molecule has 3 aromatic rings. The van der Waals surface area contributed by atoms with E-state index in [9.17, 15) is 22.8 Å². The van der Waals surface area contributed by atoms with Gasteiger partial charge in [0.2, 0.25) is 0 Å². The van der Waals surface area contributed by atoms with Gasteiger partial charge in [-0.3, -0.25) is 9.78 Å². The molecule has 0 unspecified atom stereocenters. The smallest absolute Gasteiger partial charge is 0.331 e. The molecule has 1 aliphatic heterocycles. The lowest BCUT2D eigenvalue weighted by Crippen LogP contribution is -2.43. The summed E-state index contributed by atoms with van der Waals surface area (Å²) in [7, 11) is 0. The molecule has 1 fully saturated rings. The van der Waals surface area contributed by atoms with E-state index in [4.69, 9.17) is 12.2 Å². The van der Waals surface area contributed by atoms with Crippen LogP contribution in [0.3, 0.4) is 0 Å². The number of carbonyl (C=O) groups is 2. The number of amides is 3. The van der Waals surface area contributed by atoms with Crippen molar-refractivity contribution in [2.45, 2.75) is 37.0 Å². The summed E-state index contributed by atoms with van der Waals surface area (Å²) in [4.78, 5) is 36.8. The monoisotopic (exact) mass is 546 g/mol. The summed E-state index contributed by atoms with van der Waals surface area (Å²) in [5.41, 5.74) is -0.883. The SMILES string of the molecule is CC1(C)C(=O)N(c2ccc(C(F)(F)F)cc2S)C(=O)N1Cc1ccnc(NC(=S)Nc2cccnc2)c1. The van der Waals surface area contributed by atoms with Gasteiger partial charge in [0.25, 0.3) is 5.91 Å². The molecule has 1 aromatic carbocycles. The molecule has 0 aliphatic carbocycles. The highest BCUT2D eigenvalue weighted by Gasteiger charge is 2.52. The topological polar surface area (TPSA) is 90.5 Å². The molecular weight excluding hydrogens is 525 g/mol. The summed E-state index contributed by atoms with van der Waals surface area (Å²) in [5.74, 6) is -0.172. The van der Waals surface area contributed by atoms with Crippen LogP contribution in [-0.2, 0) is 17.5 Å². The summed E-state index contributed by atoms with van der Waals surface area (Å²) >= 11 is 9.42. The second-order valence-electron chi connectivity index (χ2n) is 8.64. The second kappa shape index (κ2) is 9.98. The van der Waals surface area contributed by atoms with Gasteiger partial charge in [0.1, 0.15) is 11.4 Å². The third-order valence-electron chi connectivity index (χ3n) is 5.69. The fourth-order valence-electron chi connectivity index (χ4n) is 3.74. The Balaban J connectivity index is 1.53. The molecule has 1 aliphatic rings. The zero-order chi connectivity index (χ0) is 27.0. The number of rotatable bonds is 5. The number of thiocarbonyl (C=S) groups is 1. The highest BCUT2D eigenvalue weighted by Crippen LogP contribution is 2.39. The van der Waals surface area contributed by atoms with Crippen molar-refractivity contribution in [2.75, 3.05) is 15.5 Å². The summed E-state index contributed by atoms with van der Waals surface area (Å²) in [6, 6.07) is 8.91. The molecule has 0 atom stereocenters. The Labute approximate surface area is 221 Å². The van der Waals surface area contributed by atoms with Crippen LogP contribution >= 0.6 is 24.8 Å². The Morgan fingerprint density at radius 1 is 1.11 bits per heavy atom. The number of benzene rings is 1. The van der Waals surface area contributed by atoms with Crippen LogP contribution in [0, 0.1) is 0 Å². The molecule has 8 nitrogen and oxygen atoms in total. The number of aromatic nitrogens is 2. The third-order valence-corrected chi connectivity index (χ3v) is 6.26. The van der Waals surface area contributed by atoms with Crippen molar-refractivity contribution in [3.05, 3.63) is 72.2 Å². The fourth-order valence-corrected chi connectivity index (χ4v) is 4.28. The van der Waals surface area contributed by atoms with Crippen molar-refractivity contribution in [3.8, 4) is 0 Å². The molecule has 13 heteroatoms. The van der Waals surface area contributed by atoms with Gasteiger partial charge in [0.15, 0.2) is 5.11 Å². The Hall–Kier alpha value is -3.71. The Morgan fingerprint density at radius 3 is 2.51 bits per heavy atom. The molecule has 1 saturated heterocycles. The number of alkyl halides is 3. The van der Waals surface area contributed by atoms with Crippen molar-refractivity contribution in [2.24, 2.45) is 0 Å². The van der Waals surface area contributed by atoms with Gasteiger partial charge in [-0.2, -0.15) is 13.2 Å². The lowest BCUT2D eigenvalue weighted by molar-refractivity contribution is -0.137. The van der Waals surface area contributed by atoms with Crippen LogP contribution in [0.15, 0.2) is 66.0 Å². The predicted molar refractivity (Wildman–Crippen MR) is 140 cm³/mol. The van der Waals surface area contributed by atoms with E-state index in [-0.39, 0.29) is 22.2 Å². The van der Waals surface area contributed by atoms with Gasteiger partial charge in [-0.1, -0.05) is 0 Å². The number of hydrogen-bond acceptors (Lipinski definition) is 6. The first-order valence-electron chi connectivity index (χ1n) is 10.9. The van der Waals surface area contributed by atoms with Crippen LogP contribution in [0.2, 0.25) is 0 Å². The number of nitrogens with zero attached hydrogens (tertiary/aromatic N) is 4. The first kappa shape index (κ1) is 26.4. The number of anilines is 3. The molecule has 3 amide bonds. The molecule has 2 N–H and O–H groups in total. The maximum Gasteiger partial charge on any atom is 0.416 e. The predicted octanol–water partition coefficient (Wildman–Crippen LogP) is 5.34. The van der Waals surface area contributed by atoms with Gasteiger partial charge >= 0.3 is 12.2 Å². The van der Waals surface area contributed by atoms with Gasteiger partial charge in [0, 0.05) is 23.8 Å². The summed E-state index contributed by atoms with van der Waals surface area (Å²) in [5, 5.41) is 6.21. The minimum absolute atomic E-state index is 0.0224.